The molecule has 2 aromatic rings. The number of benzene rings is 1. The lowest BCUT2D eigenvalue weighted by Gasteiger charge is -2.16. The van der Waals surface area contributed by atoms with Gasteiger partial charge in [0.25, 0.3) is 0 Å². The highest BCUT2D eigenvalue weighted by Crippen LogP contribution is 2.27. The van der Waals surface area contributed by atoms with Crippen LogP contribution >= 0.6 is 0 Å². The number of rotatable bonds is 7. The molecule has 1 aromatic heterocycles. The van der Waals surface area contributed by atoms with Gasteiger partial charge in [-0.05, 0) is 56.7 Å². The molecule has 1 amide bonds. The zero-order valence-electron chi connectivity index (χ0n) is 15.8. The summed E-state index contributed by atoms with van der Waals surface area (Å²) >= 11 is 0. The number of fused-ring (bicyclic) bond motifs is 1. The Hall–Kier alpha value is -2.18. The molecule has 0 bridgehead atoms. The molecule has 1 N–H and O–H groups in total. The number of nitrogens with zero attached hydrogens (tertiary/aromatic N) is 2. The van der Waals surface area contributed by atoms with Gasteiger partial charge >= 0.3 is 0 Å². The number of para-hydroxylation sites is 1. The van der Waals surface area contributed by atoms with E-state index in [4.69, 9.17) is 14.6 Å². The van der Waals surface area contributed by atoms with Crippen LogP contribution in [0.4, 0.5) is 0 Å². The van der Waals surface area contributed by atoms with Crippen LogP contribution in [0.1, 0.15) is 43.1 Å². The summed E-state index contributed by atoms with van der Waals surface area (Å²) in [5, 5.41) is 7.77. The summed E-state index contributed by atoms with van der Waals surface area (Å²) in [4.78, 5) is 12.4. The molecule has 2 unspecified atom stereocenters. The lowest BCUT2D eigenvalue weighted by atomic mass is 10.2. The molecule has 1 saturated heterocycles. The first-order valence-electron chi connectivity index (χ1n) is 9.88. The molecule has 2 heterocycles. The molecular formula is C21H27N3O3. The topological polar surface area (TPSA) is 65.4 Å². The van der Waals surface area contributed by atoms with E-state index in [1.807, 2.05) is 22.9 Å². The monoisotopic (exact) mass is 369 g/mol. The van der Waals surface area contributed by atoms with E-state index in [-0.39, 0.29) is 12.0 Å². The molecule has 6 heteroatoms. The molecule has 1 aromatic carbocycles. The van der Waals surface area contributed by atoms with Gasteiger partial charge in [-0.2, -0.15) is 5.10 Å². The van der Waals surface area contributed by atoms with E-state index < -0.39 is 6.10 Å². The SMILES string of the molecule is CC(OCC1CCCO1)C(=O)NCc1nn(-c2ccccc2)c2c1CCC2. The van der Waals surface area contributed by atoms with Crippen molar-refractivity contribution in [2.45, 2.75) is 57.8 Å². The maximum atomic E-state index is 12.4. The second-order valence-corrected chi connectivity index (χ2v) is 7.30. The van der Waals surface area contributed by atoms with Crippen LogP contribution in [-0.4, -0.2) is 41.1 Å². The van der Waals surface area contributed by atoms with Crippen molar-refractivity contribution in [2.75, 3.05) is 13.2 Å². The Morgan fingerprint density at radius 1 is 1.33 bits per heavy atom. The van der Waals surface area contributed by atoms with Crippen molar-refractivity contribution in [1.29, 1.82) is 0 Å². The number of carbonyl (C=O) groups is 1. The van der Waals surface area contributed by atoms with Crippen molar-refractivity contribution in [3.8, 4) is 5.69 Å². The Bertz CT molecular complexity index is 781. The summed E-state index contributed by atoms with van der Waals surface area (Å²) in [5.74, 6) is -0.103. The standard InChI is InChI=1S/C21H27N3O3/c1-15(27-14-17-9-6-12-26-17)21(25)22-13-19-18-10-5-11-20(18)24(23-19)16-7-3-2-4-8-16/h2-4,7-8,15,17H,5-6,9-14H2,1H3,(H,22,25). The van der Waals surface area contributed by atoms with Crippen molar-refractivity contribution < 1.29 is 14.3 Å². The highest BCUT2D eigenvalue weighted by Gasteiger charge is 2.24. The van der Waals surface area contributed by atoms with E-state index in [2.05, 4.69) is 17.4 Å². The number of amides is 1. The van der Waals surface area contributed by atoms with E-state index in [0.717, 1.165) is 50.1 Å². The van der Waals surface area contributed by atoms with Gasteiger partial charge in [0, 0.05) is 12.3 Å². The lowest BCUT2D eigenvalue weighted by molar-refractivity contribution is -0.133. The molecular weight excluding hydrogens is 342 g/mol. The highest BCUT2D eigenvalue weighted by atomic mass is 16.5. The third-order valence-corrected chi connectivity index (χ3v) is 5.37. The van der Waals surface area contributed by atoms with Crippen molar-refractivity contribution in [2.24, 2.45) is 0 Å². The average molecular weight is 369 g/mol. The number of nitrogens with one attached hydrogen (secondary N) is 1. The molecule has 1 aliphatic carbocycles. The number of ether oxygens (including phenoxy) is 2. The Morgan fingerprint density at radius 2 is 2.19 bits per heavy atom. The molecule has 6 nitrogen and oxygen atoms in total. The minimum atomic E-state index is -0.488. The third-order valence-electron chi connectivity index (χ3n) is 5.37. The van der Waals surface area contributed by atoms with Gasteiger partial charge in [-0.1, -0.05) is 18.2 Å². The van der Waals surface area contributed by atoms with Crippen LogP contribution in [0.3, 0.4) is 0 Å². The molecule has 0 radical (unpaired) electrons. The Labute approximate surface area is 159 Å². The summed E-state index contributed by atoms with van der Waals surface area (Å²) in [6, 6.07) is 10.2. The van der Waals surface area contributed by atoms with Crippen LogP contribution in [0.15, 0.2) is 30.3 Å². The molecule has 27 heavy (non-hydrogen) atoms. The second-order valence-electron chi connectivity index (χ2n) is 7.30. The van der Waals surface area contributed by atoms with Gasteiger partial charge in [-0.3, -0.25) is 4.79 Å². The van der Waals surface area contributed by atoms with Gasteiger partial charge in [0.1, 0.15) is 6.10 Å². The lowest BCUT2D eigenvalue weighted by Crippen LogP contribution is -2.35. The van der Waals surface area contributed by atoms with Crippen LogP contribution in [0.2, 0.25) is 0 Å². The van der Waals surface area contributed by atoms with Crippen molar-refractivity contribution in [1.82, 2.24) is 15.1 Å². The summed E-state index contributed by atoms with van der Waals surface area (Å²) in [6.45, 7) is 3.50. The largest absolute Gasteiger partial charge is 0.376 e. The zero-order valence-corrected chi connectivity index (χ0v) is 15.8. The minimum Gasteiger partial charge on any atom is -0.376 e. The molecule has 2 atom stereocenters. The smallest absolute Gasteiger partial charge is 0.249 e. The van der Waals surface area contributed by atoms with Gasteiger partial charge in [0.15, 0.2) is 0 Å². The van der Waals surface area contributed by atoms with Crippen molar-refractivity contribution in [3.05, 3.63) is 47.3 Å². The average Bonchev–Trinajstić information content (AvgIpc) is 3.43. The predicted octanol–water partition coefficient (Wildman–Crippen LogP) is 2.56. The van der Waals surface area contributed by atoms with Crippen LogP contribution in [-0.2, 0) is 33.7 Å². The van der Waals surface area contributed by atoms with E-state index in [0.29, 0.717) is 13.2 Å². The Morgan fingerprint density at radius 3 is 2.96 bits per heavy atom. The van der Waals surface area contributed by atoms with Crippen LogP contribution in [0, 0.1) is 0 Å². The molecule has 0 spiro atoms. The van der Waals surface area contributed by atoms with Gasteiger partial charge in [-0.15, -0.1) is 0 Å². The predicted molar refractivity (Wildman–Crippen MR) is 102 cm³/mol. The number of carbonyl (C=O) groups excluding carboxylic acids is 1. The molecule has 0 saturated carbocycles. The van der Waals surface area contributed by atoms with Gasteiger partial charge in [-0.25, -0.2) is 4.68 Å². The minimum absolute atomic E-state index is 0.103. The Balaban J connectivity index is 1.37. The molecule has 144 valence electrons. The van der Waals surface area contributed by atoms with Gasteiger partial charge in [0.2, 0.25) is 5.91 Å². The van der Waals surface area contributed by atoms with Crippen LogP contribution < -0.4 is 5.32 Å². The first kappa shape index (κ1) is 18.2. The quantitative estimate of drug-likeness (QED) is 0.815. The van der Waals surface area contributed by atoms with Gasteiger partial charge < -0.3 is 14.8 Å². The van der Waals surface area contributed by atoms with E-state index >= 15 is 0 Å². The first-order valence-corrected chi connectivity index (χ1v) is 9.88. The Kier molecular flexibility index (Phi) is 5.55. The molecule has 4 rings (SSSR count). The highest BCUT2D eigenvalue weighted by molar-refractivity contribution is 5.80. The summed E-state index contributed by atoms with van der Waals surface area (Å²) < 4.78 is 13.2. The third kappa shape index (κ3) is 4.06. The fourth-order valence-corrected chi connectivity index (χ4v) is 3.86. The van der Waals surface area contributed by atoms with E-state index in [1.54, 1.807) is 6.92 Å². The molecule has 1 fully saturated rings. The second kappa shape index (κ2) is 8.23. The molecule has 1 aliphatic heterocycles. The van der Waals surface area contributed by atoms with E-state index in [9.17, 15) is 4.79 Å². The van der Waals surface area contributed by atoms with Crippen molar-refractivity contribution in [3.63, 3.8) is 0 Å². The molecule has 2 aliphatic rings. The number of hydrogen-bond acceptors (Lipinski definition) is 4. The summed E-state index contributed by atoms with van der Waals surface area (Å²) in [6.07, 6.45) is 4.93. The zero-order chi connectivity index (χ0) is 18.6. The maximum absolute atomic E-state index is 12.4. The summed E-state index contributed by atoms with van der Waals surface area (Å²) in [7, 11) is 0. The number of aromatic nitrogens is 2. The first-order chi connectivity index (χ1) is 13.2. The number of hydrogen-bond donors (Lipinski definition) is 1. The van der Waals surface area contributed by atoms with Crippen LogP contribution in [0.5, 0.6) is 0 Å². The van der Waals surface area contributed by atoms with Crippen LogP contribution in [0.25, 0.3) is 5.69 Å². The fourth-order valence-electron chi connectivity index (χ4n) is 3.86. The maximum Gasteiger partial charge on any atom is 0.249 e. The fraction of sp³-hybridized carbons (Fsp3) is 0.524. The normalized spacial score (nSPS) is 19.8. The van der Waals surface area contributed by atoms with Gasteiger partial charge in [0.05, 0.1) is 30.6 Å². The van der Waals surface area contributed by atoms with E-state index in [1.165, 1.54) is 11.3 Å². The summed E-state index contributed by atoms with van der Waals surface area (Å²) in [5.41, 5.74) is 4.59. The van der Waals surface area contributed by atoms with Crippen molar-refractivity contribution >= 4 is 5.91 Å².